The number of likely N-dealkylation sites (N-methyl/N-ethyl adjacent to an activating group) is 1. The van der Waals surface area contributed by atoms with E-state index in [4.69, 9.17) is 4.74 Å². The minimum Gasteiger partial charge on any atom is -0.492 e. The highest BCUT2D eigenvalue weighted by atomic mass is 19.1. The molecule has 26 heavy (non-hydrogen) atoms. The Morgan fingerprint density at radius 3 is 2.81 bits per heavy atom. The summed E-state index contributed by atoms with van der Waals surface area (Å²) in [6, 6.07) is 10.8. The summed E-state index contributed by atoms with van der Waals surface area (Å²) in [6.45, 7) is 2.54. The van der Waals surface area contributed by atoms with Gasteiger partial charge in [-0.1, -0.05) is 6.07 Å². The lowest BCUT2D eigenvalue weighted by atomic mass is 10.3. The summed E-state index contributed by atoms with van der Waals surface area (Å²) >= 11 is 0. The minimum atomic E-state index is -0.316. The number of hydrogen-bond donors (Lipinski definition) is 1. The second-order valence-corrected chi connectivity index (χ2v) is 5.88. The summed E-state index contributed by atoms with van der Waals surface area (Å²) < 4.78 is 20.2. The van der Waals surface area contributed by atoms with Gasteiger partial charge in [0.05, 0.1) is 12.6 Å². The van der Waals surface area contributed by atoms with Crippen molar-refractivity contribution in [2.24, 2.45) is 0 Å². The summed E-state index contributed by atoms with van der Waals surface area (Å²) in [7, 11) is 1.68. The zero-order chi connectivity index (χ0) is 18.5. The van der Waals surface area contributed by atoms with Gasteiger partial charge in [0.1, 0.15) is 18.2 Å². The Kier molecular flexibility index (Phi) is 5.31. The third kappa shape index (κ3) is 4.08. The normalized spacial score (nSPS) is 12.0. The van der Waals surface area contributed by atoms with Crippen LogP contribution in [0.25, 0.3) is 5.65 Å². The van der Waals surface area contributed by atoms with Gasteiger partial charge in [0.25, 0.3) is 0 Å². The monoisotopic (exact) mass is 357 g/mol. The van der Waals surface area contributed by atoms with E-state index in [1.54, 1.807) is 19.2 Å². The molecule has 0 aliphatic carbocycles. The fourth-order valence-electron chi connectivity index (χ4n) is 2.45. The number of pyridine rings is 1. The van der Waals surface area contributed by atoms with E-state index >= 15 is 0 Å². The third-order valence-corrected chi connectivity index (χ3v) is 3.92. The zero-order valence-corrected chi connectivity index (χ0v) is 14.6. The van der Waals surface area contributed by atoms with E-state index in [0.717, 1.165) is 5.65 Å². The molecule has 0 bridgehead atoms. The molecule has 0 aliphatic rings. The average Bonchev–Trinajstić information content (AvgIpc) is 3.07. The van der Waals surface area contributed by atoms with Crippen molar-refractivity contribution in [1.29, 1.82) is 0 Å². The van der Waals surface area contributed by atoms with Crippen molar-refractivity contribution in [3.8, 4) is 5.75 Å². The molecule has 3 rings (SSSR count). The van der Waals surface area contributed by atoms with Gasteiger partial charge in [-0.3, -0.25) is 4.40 Å². The van der Waals surface area contributed by atoms with E-state index in [0.29, 0.717) is 24.7 Å². The number of nitrogens with one attached hydrogen (secondary N) is 1. The predicted octanol–water partition coefficient (Wildman–Crippen LogP) is 2.65. The lowest BCUT2D eigenvalue weighted by molar-refractivity contribution is 0.192. The van der Waals surface area contributed by atoms with Crippen molar-refractivity contribution >= 4 is 11.7 Å². The van der Waals surface area contributed by atoms with Gasteiger partial charge in [-0.15, -0.1) is 10.2 Å². The molecule has 0 radical (unpaired) electrons. The quantitative estimate of drug-likeness (QED) is 0.736. The molecule has 0 spiro atoms. The first kappa shape index (κ1) is 17.7. The van der Waals surface area contributed by atoms with Gasteiger partial charge in [-0.25, -0.2) is 9.18 Å². The third-order valence-electron chi connectivity index (χ3n) is 3.92. The van der Waals surface area contributed by atoms with E-state index in [1.165, 1.54) is 17.0 Å². The number of nitrogens with zero attached hydrogens (tertiary/aromatic N) is 4. The highest BCUT2D eigenvalue weighted by molar-refractivity contribution is 5.74. The second kappa shape index (κ2) is 7.81. The smallest absolute Gasteiger partial charge is 0.317 e. The van der Waals surface area contributed by atoms with E-state index in [9.17, 15) is 9.18 Å². The molecule has 1 N–H and O–H groups in total. The first-order valence-electron chi connectivity index (χ1n) is 8.24. The molecule has 0 aliphatic heterocycles. The molecule has 1 aromatic carbocycles. The Labute approximate surface area is 150 Å². The van der Waals surface area contributed by atoms with Crippen LogP contribution in [0.2, 0.25) is 0 Å². The first-order valence-corrected chi connectivity index (χ1v) is 8.24. The molecule has 1 atom stereocenters. The number of halogens is 1. The van der Waals surface area contributed by atoms with Crippen LogP contribution in [0.15, 0.2) is 48.7 Å². The van der Waals surface area contributed by atoms with Crippen LogP contribution in [0.5, 0.6) is 5.75 Å². The van der Waals surface area contributed by atoms with Gasteiger partial charge in [-0.2, -0.15) is 0 Å². The summed E-state index contributed by atoms with van der Waals surface area (Å²) in [4.78, 5) is 13.8. The number of benzene rings is 1. The molecular formula is C18H20FN5O2. The second-order valence-electron chi connectivity index (χ2n) is 5.88. The van der Waals surface area contributed by atoms with Crippen LogP contribution in [0.3, 0.4) is 0 Å². The highest BCUT2D eigenvalue weighted by Crippen LogP contribution is 2.13. The van der Waals surface area contributed by atoms with E-state index < -0.39 is 0 Å². The largest absolute Gasteiger partial charge is 0.492 e. The SMILES string of the molecule is CC(NC(=O)N(C)CCOc1ccc(F)cc1)c1nnc2ccccn12. The van der Waals surface area contributed by atoms with Crippen molar-refractivity contribution < 1.29 is 13.9 Å². The average molecular weight is 357 g/mol. The Morgan fingerprint density at radius 1 is 1.27 bits per heavy atom. The van der Waals surface area contributed by atoms with Crippen LogP contribution in [0.4, 0.5) is 9.18 Å². The Hall–Kier alpha value is -3.16. The fraction of sp³-hybridized carbons (Fsp3) is 0.278. The number of hydrogen-bond acceptors (Lipinski definition) is 4. The topological polar surface area (TPSA) is 71.8 Å². The molecule has 2 amide bonds. The Bertz CT molecular complexity index is 881. The van der Waals surface area contributed by atoms with Gasteiger partial charge in [-0.05, 0) is 43.3 Å². The summed E-state index contributed by atoms with van der Waals surface area (Å²) in [6.07, 6.45) is 1.85. The number of amides is 2. The van der Waals surface area contributed by atoms with Crippen LogP contribution in [-0.2, 0) is 0 Å². The number of carbonyl (C=O) groups excluding carboxylic acids is 1. The molecule has 8 heteroatoms. The van der Waals surface area contributed by atoms with Crippen LogP contribution < -0.4 is 10.1 Å². The molecular weight excluding hydrogens is 337 g/mol. The number of urea groups is 1. The van der Waals surface area contributed by atoms with Gasteiger partial charge in [0.2, 0.25) is 0 Å². The van der Waals surface area contributed by atoms with Crippen LogP contribution in [0.1, 0.15) is 18.8 Å². The van der Waals surface area contributed by atoms with Crippen LogP contribution in [-0.4, -0.2) is 45.7 Å². The summed E-state index contributed by atoms with van der Waals surface area (Å²) in [5, 5.41) is 11.1. The van der Waals surface area contributed by atoms with E-state index in [2.05, 4.69) is 15.5 Å². The molecule has 136 valence electrons. The maximum Gasteiger partial charge on any atom is 0.317 e. The van der Waals surface area contributed by atoms with Crippen molar-refractivity contribution in [1.82, 2.24) is 24.8 Å². The van der Waals surface area contributed by atoms with Gasteiger partial charge in [0.15, 0.2) is 11.5 Å². The zero-order valence-electron chi connectivity index (χ0n) is 14.6. The minimum absolute atomic E-state index is 0.243. The van der Waals surface area contributed by atoms with E-state index in [-0.39, 0.29) is 17.9 Å². The number of ether oxygens (including phenoxy) is 1. The Balaban J connectivity index is 1.51. The maximum absolute atomic E-state index is 12.9. The molecule has 1 unspecified atom stereocenters. The number of fused-ring (bicyclic) bond motifs is 1. The lowest BCUT2D eigenvalue weighted by Crippen LogP contribution is -2.40. The van der Waals surface area contributed by atoms with Gasteiger partial charge >= 0.3 is 6.03 Å². The molecule has 2 heterocycles. The molecule has 7 nitrogen and oxygen atoms in total. The predicted molar refractivity (Wildman–Crippen MR) is 94.5 cm³/mol. The van der Waals surface area contributed by atoms with Gasteiger partial charge < -0.3 is 15.0 Å². The van der Waals surface area contributed by atoms with Crippen LogP contribution >= 0.6 is 0 Å². The van der Waals surface area contributed by atoms with Crippen molar-refractivity contribution in [3.05, 3.63) is 60.3 Å². The number of carbonyl (C=O) groups is 1. The van der Waals surface area contributed by atoms with E-state index in [1.807, 2.05) is 35.7 Å². The molecule has 0 saturated heterocycles. The summed E-state index contributed by atoms with van der Waals surface area (Å²) in [5.74, 6) is 0.900. The Morgan fingerprint density at radius 2 is 2.04 bits per heavy atom. The van der Waals surface area contributed by atoms with Crippen molar-refractivity contribution in [2.45, 2.75) is 13.0 Å². The first-order chi connectivity index (χ1) is 12.5. The molecule has 3 aromatic rings. The molecule has 0 saturated carbocycles. The van der Waals surface area contributed by atoms with Gasteiger partial charge in [0, 0.05) is 13.2 Å². The van der Waals surface area contributed by atoms with Crippen molar-refractivity contribution in [3.63, 3.8) is 0 Å². The van der Waals surface area contributed by atoms with Crippen LogP contribution in [0, 0.1) is 5.82 Å². The number of rotatable bonds is 6. The number of aromatic nitrogens is 3. The summed E-state index contributed by atoms with van der Waals surface area (Å²) in [5.41, 5.74) is 0.727. The standard InChI is InChI=1S/C18H20FN5O2/c1-13(17-22-21-16-5-3-4-10-24(16)17)20-18(25)23(2)11-12-26-15-8-6-14(19)7-9-15/h3-10,13H,11-12H2,1-2H3,(H,20,25). The van der Waals surface area contributed by atoms with Crippen molar-refractivity contribution in [2.75, 3.05) is 20.2 Å². The highest BCUT2D eigenvalue weighted by Gasteiger charge is 2.17. The maximum atomic E-state index is 12.9. The molecule has 0 fully saturated rings. The lowest BCUT2D eigenvalue weighted by Gasteiger charge is -2.20. The molecule has 2 aromatic heterocycles. The fourth-order valence-corrected chi connectivity index (χ4v) is 2.45.